The van der Waals surface area contributed by atoms with Gasteiger partial charge in [0.25, 0.3) is 10.0 Å². The molecule has 4 rings (SSSR count). The Kier molecular flexibility index (Phi) is 6.47. The summed E-state index contributed by atoms with van der Waals surface area (Å²) >= 11 is 0. The van der Waals surface area contributed by atoms with Crippen molar-refractivity contribution in [1.29, 1.82) is 0 Å². The van der Waals surface area contributed by atoms with Crippen molar-refractivity contribution in [3.05, 3.63) is 101 Å². The van der Waals surface area contributed by atoms with Gasteiger partial charge < -0.3 is 5.11 Å². The van der Waals surface area contributed by atoms with E-state index in [2.05, 4.69) is 5.43 Å². The highest BCUT2D eigenvalue weighted by atomic mass is 32.2. The van der Waals surface area contributed by atoms with Gasteiger partial charge in [0.1, 0.15) is 5.82 Å². The molecule has 0 bridgehead atoms. The second-order valence-electron chi connectivity index (χ2n) is 7.90. The maximum absolute atomic E-state index is 13.5. The van der Waals surface area contributed by atoms with Crippen molar-refractivity contribution in [2.24, 2.45) is 0 Å². The van der Waals surface area contributed by atoms with Crippen LogP contribution in [0.5, 0.6) is 0 Å². The average Bonchev–Trinajstić information content (AvgIpc) is 2.83. The largest absolute Gasteiger partial charge is 0.491 e. The third kappa shape index (κ3) is 4.63. The van der Waals surface area contributed by atoms with E-state index in [-0.39, 0.29) is 16.3 Å². The summed E-state index contributed by atoms with van der Waals surface area (Å²) in [4.78, 5) is 15.7. The molecule has 0 radical (unpaired) electrons. The van der Waals surface area contributed by atoms with E-state index >= 15 is 0 Å². The molecule has 1 amide bonds. The first-order chi connectivity index (χ1) is 16.9. The van der Waals surface area contributed by atoms with E-state index in [4.69, 9.17) is 0 Å². The number of hydrazine groups is 1. The Balaban J connectivity index is 1.84. The monoisotopic (exact) mass is 532 g/mol. The smallest absolute Gasteiger partial charge is 0.370 e. The van der Waals surface area contributed by atoms with Crippen LogP contribution < -0.4 is 19.5 Å². The van der Waals surface area contributed by atoms with Crippen LogP contribution in [0.1, 0.15) is 11.1 Å². The minimum absolute atomic E-state index is 0.0640. The van der Waals surface area contributed by atoms with Crippen LogP contribution in [0.25, 0.3) is 0 Å². The number of aliphatic hydroxyl groups excluding tert-OH is 1. The molecule has 0 saturated heterocycles. The van der Waals surface area contributed by atoms with E-state index in [0.29, 0.717) is 9.21 Å². The first kappa shape index (κ1) is 25.2. The zero-order valence-corrected chi connectivity index (χ0v) is 20.6. The molecule has 0 spiro atoms. The Labute approximate surface area is 207 Å². The number of carbonyl (C=O) groups excluding carboxylic acids is 1. The molecule has 1 aliphatic heterocycles. The van der Waals surface area contributed by atoms with E-state index < -0.39 is 42.8 Å². The standard InChI is InChI=1S/C23H21FN4O6S2/c1-15-3-9-19(10-4-15)28-22(29)21(25-26-35(31,32)20-13-5-16(2)6-14-20)27(23(30)36(28,33)34)18-11-7-17(24)8-12-18/h3-14,25-26,29H,1-2H3. The van der Waals surface area contributed by atoms with Gasteiger partial charge in [-0.25, -0.2) is 17.7 Å². The Morgan fingerprint density at radius 2 is 1.33 bits per heavy atom. The van der Waals surface area contributed by atoms with Crippen molar-refractivity contribution in [2.75, 3.05) is 9.21 Å². The Bertz CT molecular complexity index is 1550. The molecule has 1 heterocycles. The number of hydrogen-bond acceptors (Lipinski definition) is 7. The summed E-state index contributed by atoms with van der Waals surface area (Å²) in [7, 11) is -9.09. The lowest BCUT2D eigenvalue weighted by Gasteiger charge is -2.35. The average molecular weight is 533 g/mol. The predicted molar refractivity (Wildman–Crippen MR) is 131 cm³/mol. The fourth-order valence-corrected chi connectivity index (χ4v) is 5.50. The highest BCUT2D eigenvalue weighted by molar-refractivity contribution is 8.07. The first-order valence-electron chi connectivity index (χ1n) is 10.4. The van der Waals surface area contributed by atoms with Crippen molar-refractivity contribution in [3.63, 3.8) is 0 Å². The number of carbonyl (C=O) groups is 1. The molecule has 188 valence electrons. The lowest BCUT2D eigenvalue weighted by atomic mass is 10.2. The van der Waals surface area contributed by atoms with Gasteiger partial charge >= 0.3 is 15.3 Å². The van der Waals surface area contributed by atoms with Crippen LogP contribution in [-0.2, 0) is 20.0 Å². The van der Waals surface area contributed by atoms with Crippen LogP contribution in [0.15, 0.2) is 89.4 Å². The summed E-state index contributed by atoms with van der Waals surface area (Å²) in [5.41, 5.74) is 3.67. The SMILES string of the molecule is Cc1ccc(N2C(O)=C(NNS(=O)(=O)c3ccc(C)cc3)N(c3ccc(F)cc3)C(=O)S2(=O)=O)cc1. The normalized spacial score (nSPS) is 15.8. The third-order valence-corrected chi connectivity index (χ3v) is 8.01. The van der Waals surface area contributed by atoms with Crippen molar-refractivity contribution in [1.82, 2.24) is 10.3 Å². The number of rotatable bonds is 6. The molecule has 3 N–H and O–H groups in total. The first-order valence-corrected chi connectivity index (χ1v) is 13.3. The fraction of sp³-hybridized carbons (Fsp3) is 0.0870. The minimum atomic E-state index is -4.87. The number of sulfonamides is 2. The number of halogens is 1. The molecule has 0 atom stereocenters. The van der Waals surface area contributed by atoms with Gasteiger partial charge in [-0.1, -0.05) is 35.4 Å². The maximum atomic E-state index is 13.5. The van der Waals surface area contributed by atoms with E-state index in [0.717, 1.165) is 35.4 Å². The summed E-state index contributed by atoms with van der Waals surface area (Å²) in [5, 5.41) is 9.55. The number of benzene rings is 3. The quantitative estimate of drug-likeness (QED) is 0.414. The number of nitrogens with one attached hydrogen (secondary N) is 2. The van der Waals surface area contributed by atoms with E-state index in [1.165, 1.54) is 24.3 Å². The number of anilines is 2. The van der Waals surface area contributed by atoms with Gasteiger partial charge in [0.15, 0.2) is 5.82 Å². The number of aliphatic hydroxyl groups is 1. The molecule has 13 heteroatoms. The zero-order valence-electron chi connectivity index (χ0n) is 19.0. The summed E-state index contributed by atoms with van der Waals surface area (Å²) in [6.07, 6.45) is 0. The third-order valence-electron chi connectivity index (χ3n) is 5.26. The maximum Gasteiger partial charge on any atom is 0.370 e. The molecular weight excluding hydrogens is 511 g/mol. The Morgan fingerprint density at radius 3 is 1.89 bits per heavy atom. The highest BCUT2D eigenvalue weighted by Crippen LogP contribution is 2.34. The van der Waals surface area contributed by atoms with Crippen molar-refractivity contribution < 1.29 is 31.1 Å². The zero-order chi connectivity index (χ0) is 26.3. The van der Waals surface area contributed by atoms with Gasteiger partial charge in [-0.3, -0.25) is 10.2 Å². The van der Waals surface area contributed by atoms with E-state index in [1.54, 1.807) is 38.1 Å². The number of amides is 1. The Morgan fingerprint density at radius 1 is 0.833 bits per heavy atom. The fourth-order valence-electron chi connectivity index (χ4n) is 3.36. The summed E-state index contributed by atoms with van der Waals surface area (Å²) in [6.45, 7) is 3.54. The lowest BCUT2D eigenvalue weighted by Crippen LogP contribution is -2.55. The minimum Gasteiger partial charge on any atom is -0.491 e. The molecule has 36 heavy (non-hydrogen) atoms. The number of nitrogens with zero attached hydrogens (tertiary/aromatic N) is 2. The summed E-state index contributed by atoms with van der Waals surface area (Å²) in [6, 6.07) is 15.9. The second-order valence-corrected chi connectivity index (χ2v) is 11.2. The van der Waals surface area contributed by atoms with Crippen LogP contribution >= 0.6 is 0 Å². The van der Waals surface area contributed by atoms with E-state index in [1.807, 2.05) is 4.83 Å². The lowest BCUT2D eigenvalue weighted by molar-refractivity contribution is 0.261. The van der Waals surface area contributed by atoms with Gasteiger partial charge in [-0.2, -0.15) is 12.7 Å². The predicted octanol–water partition coefficient (Wildman–Crippen LogP) is 3.39. The molecular formula is C23H21FN4O6S2. The summed E-state index contributed by atoms with van der Waals surface area (Å²) < 4.78 is 65.9. The van der Waals surface area contributed by atoms with Crippen molar-refractivity contribution in [3.8, 4) is 0 Å². The Hall–Kier alpha value is -3.94. The molecule has 10 nitrogen and oxygen atoms in total. The van der Waals surface area contributed by atoms with Gasteiger partial charge in [0, 0.05) is 0 Å². The molecule has 0 aliphatic carbocycles. The van der Waals surface area contributed by atoms with Gasteiger partial charge in [-0.05, 0) is 62.4 Å². The van der Waals surface area contributed by atoms with Crippen LogP contribution in [0.4, 0.5) is 20.6 Å². The van der Waals surface area contributed by atoms with Gasteiger partial charge in [0.05, 0.1) is 16.3 Å². The molecule has 3 aromatic rings. The number of aryl methyl sites for hydroxylation is 2. The molecule has 0 fully saturated rings. The van der Waals surface area contributed by atoms with Gasteiger partial charge in [0.2, 0.25) is 5.88 Å². The highest BCUT2D eigenvalue weighted by Gasteiger charge is 2.47. The van der Waals surface area contributed by atoms with Crippen LogP contribution in [0.3, 0.4) is 0 Å². The molecule has 3 aromatic carbocycles. The molecule has 0 aromatic heterocycles. The topological polar surface area (TPSA) is 136 Å². The van der Waals surface area contributed by atoms with Crippen molar-refractivity contribution in [2.45, 2.75) is 18.7 Å². The van der Waals surface area contributed by atoms with Gasteiger partial charge in [-0.15, -0.1) is 4.83 Å². The van der Waals surface area contributed by atoms with Crippen molar-refractivity contribution >= 4 is 36.7 Å². The molecule has 0 saturated carbocycles. The second kappa shape index (κ2) is 9.26. The van der Waals surface area contributed by atoms with Crippen LogP contribution in [0, 0.1) is 19.7 Å². The number of hydrogen-bond donors (Lipinski definition) is 3. The summed E-state index contributed by atoms with van der Waals surface area (Å²) in [5.74, 6) is -2.26. The molecule has 0 unspecified atom stereocenters. The van der Waals surface area contributed by atoms with Crippen LogP contribution in [-0.4, -0.2) is 27.2 Å². The van der Waals surface area contributed by atoms with E-state index in [9.17, 15) is 31.1 Å². The molecule has 1 aliphatic rings. The van der Waals surface area contributed by atoms with Crippen LogP contribution in [0.2, 0.25) is 0 Å².